The Kier molecular flexibility index (Phi) is 13.6. The molecule has 0 saturated heterocycles. The second-order valence-corrected chi connectivity index (χ2v) is 1.48. The minimum atomic E-state index is -6.00. The van der Waals surface area contributed by atoms with Gasteiger partial charge in [-0.25, -0.2) is 0 Å². The number of halogens is 12. The average molecular weight is 294 g/mol. The van der Waals surface area contributed by atoms with Gasteiger partial charge in [0.15, 0.2) is 0 Å². The van der Waals surface area contributed by atoms with E-state index in [0.717, 1.165) is 0 Å². The van der Waals surface area contributed by atoms with E-state index in [9.17, 15) is 51.8 Å². The Morgan fingerprint density at radius 1 is 0.312 bits per heavy atom. The molecule has 0 nitrogen and oxygen atoms in total. The van der Waals surface area contributed by atoms with Gasteiger partial charge in [-0.1, -0.05) is 0 Å². The minimum Gasteiger partial charge on any atom is -0.418 e. The van der Waals surface area contributed by atoms with E-state index in [2.05, 4.69) is 0 Å². The summed E-state index contributed by atoms with van der Waals surface area (Å²) in [6.45, 7) is 0. The van der Waals surface area contributed by atoms with Gasteiger partial charge in [-0.3, -0.25) is 0 Å². The maximum Gasteiger partial charge on any atom is 0.673 e. The van der Waals surface area contributed by atoms with Crippen LogP contribution in [-0.2, 0) is 0 Å². The van der Waals surface area contributed by atoms with Crippen LogP contribution in [-0.4, -0.2) is 21.8 Å². The van der Waals surface area contributed by atoms with Gasteiger partial charge < -0.3 is 51.8 Å². The molecular formula is H2B3F12S-3. The molecule has 0 fully saturated rings. The van der Waals surface area contributed by atoms with Crippen LogP contribution in [0.2, 0.25) is 0 Å². The lowest BCUT2D eigenvalue weighted by atomic mass is 10.3. The van der Waals surface area contributed by atoms with Crippen LogP contribution in [0.5, 0.6) is 0 Å². The average Bonchev–Trinajstić information content (AvgIpc) is 1.41. The van der Waals surface area contributed by atoms with Crippen molar-refractivity contribution >= 4 is 35.3 Å². The standard InChI is InChI=1S/3BF4.H2S/c3*2-1(3,4)5;/h;;;1H2/q3*-1;. The molecule has 0 N–H and O–H groups in total. The molecule has 0 spiro atoms. The van der Waals surface area contributed by atoms with Crippen molar-refractivity contribution in [3.8, 4) is 0 Å². The van der Waals surface area contributed by atoms with Gasteiger partial charge in [0.05, 0.1) is 0 Å². The zero-order valence-corrected chi connectivity index (χ0v) is 7.77. The Hall–Kier alpha value is -0.295. The first-order valence-corrected chi connectivity index (χ1v) is 2.62. The van der Waals surface area contributed by atoms with Gasteiger partial charge in [-0.05, 0) is 0 Å². The van der Waals surface area contributed by atoms with Crippen LogP contribution in [0.4, 0.5) is 51.8 Å². The fraction of sp³-hybridized carbons (Fsp3) is 0. The van der Waals surface area contributed by atoms with Crippen molar-refractivity contribution in [2.45, 2.75) is 0 Å². The molecule has 16 heteroatoms. The quantitative estimate of drug-likeness (QED) is 0.468. The summed E-state index contributed by atoms with van der Waals surface area (Å²) in [5.74, 6) is 0. The summed E-state index contributed by atoms with van der Waals surface area (Å²) < 4.78 is 117. The van der Waals surface area contributed by atoms with Crippen LogP contribution in [0, 0.1) is 0 Å². The van der Waals surface area contributed by atoms with E-state index < -0.39 is 21.8 Å². The summed E-state index contributed by atoms with van der Waals surface area (Å²) in [5.41, 5.74) is 0. The third-order valence-electron chi connectivity index (χ3n) is 0. The van der Waals surface area contributed by atoms with Crippen molar-refractivity contribution in [2.24, 2.45) is 0 Å². The molecule has 0 saturated carbocycles. The van der Waals surface area contributed by atoms with Crippen molar-refractivity contribution in [1.82, 2.24) is 0 Å². The van der Waals surface area contributed by atoms with Crippen molar-refractivity contribution in [3.63, 3.8) is 0 Å². The molecule has 0 aliphatic heterocycles. The van der Waals surface area contributed by atoms with Crippen molar-refractivity contribution in [1.29, 1.82) is 0 Å². The third kappa shape index (κ3) is 25400. The normalized spacial score (nSPS) is 11.2. The molecule has 0 aromatic carbocycles. The zero-order chi connectivity index (χ0) is 13.5. The van der Waals surface area contributed by atoms with Gasteiger partial charge in [0.2, 0.25) is 0 Å². The molecule has 0 aromatic heterocycles. The Morgan fingerprint density at radius 2 is 0.312 bits per heavy atom. The summed E-state index contributed by atoms with van der Waals surface area (Å²) in [4.78, 5) is 0. The summed E-state index contributed by atoms with van der Waals surface area (Å²) in [5, 5.41) is 0. The van der Waals surface area contributed by atoms with E-state index >= 15 is 0 Å². The highest BCUT2D eigenvalue weighted by molar-refractivity contribution is 7.59. The van der Waals surface area contributed by atoms with Crippen LogP contribution in [0.1, 0.15) is 0 Å². The molecule has 0 heterocycles. The van der Waals surface area contributed by atoms with Crippen LogP contribution in [0.25, 0.3) is 0 Å². The highest BCUT2D eigenvalue weighted by Crippen LogP contribution is 2.07. The number of hydrogen-bond acceptors (Lipinski definition) is 0. The first-order chi connectivity index (χ1) is 6.00. The Morgan fingerprint density at radius 3 is 0.312 bits per heavy atom. The van der Waals surface area contributed by atoms with Gasteiger partial charge in [-0.2, -0.15) is 13.5 Å². The Balaban J connectivity index is -0.0000000655. The van der Waals surface area contributed by atoms with Crippen molar-refractivity contribution < 1.29 is 51.8 Å². The third-order valence-corrected chi connectivity index (χ3v) is 0. The molecule has 0 bridgehead atoms. The van der Waals surface area contributed by atoms with Gasteiger partial charge in [0.25, 0.3) is 0 Å². The van der Waals surface area contributed by atoms with Gasteiger partial charge in [0, 0.05) is 0 Å². The molecule has 0 rings (SSSR count). The molecule has 0 radical (unpaired) electrons. The summed E-state index contributed by atoms with van der Waals surface area (Å²) in [6, 6.07) is 0. The van der Waals surface area contributed by atoms with E-state index in [0.29, 0.717) is 0 Å². The molecule has 0 aliphatic rings. The van der Waals surface area contributed by atoms with Crippen LogP contribution in [0.15, 0.2) is 0 Å². The van der Waals surface area contributed by atoms with E-state index in [-0.39, 0.29) is 13.5 Å². The lowest BCUT2D eigenvalue weighted by Crippen LogP contribution is -2.02. The monoisotopic (exact) mass is 295 g/mol. The fourth-order valence-corrected chi connectivity index (χ4v) is 0. The van der Waals surface area contributed by atoms with E-state index in [1.165, 1.54) is 0 Å². The molecule has 104 valence electrons. The van der Waals surface area contributed by atoms with Crippen LogP contribution >= 0.6 is 13.5 Å². The second-order valence-electron chi connectivity index (χ2n) is 1.48. The second kappa shape index (κ2) is 8.81. The predicted octanol–water partition coefficient (Wildman–Crippen LogP) is 4.01. The van der Waals surface area contributed by atoms with E-state index in [1.807, 2.05) is 0 Å². The van der Waals surface area contributed by atoms with Gasteiger partial charge in [-0.15, -0.1) is 0 Å². The number of rotatable bonds is 0. The Labute approximate surface area is 88.1 Å². The lowest BCUT2D eigenvalue weighted by molar-refractivity contribution is 0.366. The van der Waals surface area contributed by atoms with E-state index in [1.54, 1.807) is 0 Å². The first-order valence-electron chi connectivity index (χ1n) is 2.62. The minimum absolute atomic E-state index is 0. The SMILES string of the molecule is F[B-](F)(F)F.F[B-](F)(F)F.F[B-](F)(F)F.S. The summed E-state index contributed by atoms with van der Waals surface area (Å²) in [6.07, 6.45) is 0. The van der Waals surface area contributed by atoms with Crippen LogP contribution < -0.4 is 0 Å². The maximum atomic E-state index is 9.75. The Bertz CT molecular complexity index is 91.3. The fourth-order valence-electron chi connectivity index (χ4n) is 0. The molecule has 16 heavy (non-hydrogen) atoms. The highest BCUT2D eigenvalue weighted by Gasteiger charge is 2.21. The smallest absolute Gasteiger partial charge is 0.418 e. The molecule has 0 aromatic rings. The highest BCUT2D eigenvalue weighted by atomic mass is 32.1. The molecule has 0 unspecified atom stereocenters. The molecule has 0 aliphatic carbocycles. The van der Waals surface area contributed by atoms with E-state index in [4.69, 9.17) is 0 Å². The lowest BCUT2D eigenvalue weighted by Gasteiger charge is -1.94. The number of hydrogen-bond donors (Lipinski definition) is 0. The largest absolute Gasteiger partial charge is 0.673 e. The summed E-state index contributed by atoms with van der Waals surface area (Å²) in [7, 11) is -18.0. The van der Waals surface area contributed by atoms with Gasteiger partial charge in [0.1, 0.15) is 0 Å². The first kappa shape index (κ1) is 24.8. The predicted molar refractivity (Wildman–Crippen MR) is 40.9 cm³/mol. The summed E-state index contributed by atoms with van der Waals surface area (Å²) >= 11 is 0. The van der Waals surface area contributed by atoms with Crippen molar-refractivity contribution in [2.75, 3.05) is 0 Å². The molecule has 0 amide bonds. The van der Waals surface area contributed by atoms with Crippen LogP contribution in [0.3, 0.4) is 0 Å². The van der Waals surface area contributed by atoms with Crippen molar-refractivity contribution in [3.05, 3.63) is 0 Å². The maximum absolute atomic E-state index is 9.75. The molecular weight excluding hydrogens is 292 g/mol. The topological polar surface area (TPSA) is 0 Å². The van der Waals surface area contributed by atoms with Gasteiger partial charge >= 0.3 is 21.8 Å². The molecule has 0 atom stereocenters. The zero-order valence-electron chi connectivity index (χ0n) is 6.77.